The van der Waals surface area contributed by atoms with Crippen LogP contribution in [0.4, 0.5) is 0 Å². The summed E-state index contributed by atoms with van der Waals surface area (Å²) in [6.45, 7) is 2.67. The van der Waals surface area contributed by atoms with Crippen LogP contribution >= 0.6 is 0 Å². The minimum atomic E-state index is 0.555. The van der Waals surface area contributed by atoms with Gasteiger partial charge < -0.3 is 10.5 Å². The van der Waals surface area contributed by atoms with Gasteiger partial charge in [0.1, 0.15) is 5.75 Å². The number of rotatable bonds is 4. The van der Waals surface area contributed by atoms with E-state index >= 15 is 0 Å². The van der Waals surface area contributed by atoms with Crippen molar-refractivity contribution in [3.05, 3.63) is 35.4 Å². The third-order valence-corrected chi connectivity index (χ3v) is 2.15. The van der Waals surface area contributed by atoms with Crippen LogP contribution in [0.25, 0.3) is 6.08 Å². The molecule has 0 saturated carbocycles. The molecule has 0 aliphatic heterocycles. The van der Waals surface area contributed by atoms with E-state index in [1.54, 1.807) is 7.11 Å². The van der Waals surface area contributed by atoms with Crippen LogP contribution in [-0.2, 0) is 6.42 Å². The highest BCUT2D eigenvalue weighted by Gasteiger charge is 2.03. The Balaban J connectivity index is 3.08. The minimum absolute atomic E-state index is 0.555. The van der Waals surface area contributed by atoms with Crippen LogP contribution in [0.3, 0.4) is 0 Å². The van der Waals surface area contributed by atoms with Crippen molar-refractivity contribution in [2.75, 3.05) is 13.7 Å². The largest absolute Gasteiger partial charge is 0.496 e. The zero-order valence-electron chi connectivity index (χ0n) is 8.79. The number of hydrogen-bond donors (Lipinski definition) is 1. The van der Waals surface area contributed by atoms with Crippen LogP contribution in [0.5, 0.6) is 5.75 Å². The van der Waals surface area contributed by atoms with Crippen molar-refractivity contribution in [3.8, 4) is 5.75 Å². The molecule has 2 N–H and O–H groups in total. The molecule has 0 aromatic heterocycles. The van der Waals surface area contributed by atoms with Gasteiger partial charge >= 0.3 is 0 Å². The molecule has 0 spiro atoms. The summed E-state index contributed by atoms with van der Waals surface area (Å²) in [5, 5.41) is 0. The predicted octanol–water partition coefficient (Wildman–Crippen LogP) is 2.23. The predicted molar refractivity (Wildman–Crippen MR) is 60.5 cm³/mol. The lowest BCUT2D eigenvalue weighted by Crippen LogP contribution is -1.95. The third kappa shape index (κ3) is 2.36. The minimum Gasteiger partial charge on any atom is -0.496 e. The molecule has 0 radical (unpaired) electrons. The Morgan fingerprint density at radius 1 is 1.43 bits per heavy atom. The number of para-hydroxylation sites is 1. The molecule has 0 fully saturated rings. The normalized spacial score (nSPS) is 10.8. The van der Waals surface area contributed by atoms with E-state index in [1.165, 1.54) is 5.56 Å². The van der Waals surface area contributed by atoms with Crippen LogP contribution in [0.15, 0.2) is 24.3 Å². The van der Waals surface area contributed by atoms with E-state index in [1.807, 2.05) is 24.3 Å². The van der Waals surface area contributed by atoms with Gasteiger partial charge in [-0.3, -0.25) is 0 Å². The number of ether oxygens (including phenoxy) is 1. The summed E-state index contributed by atoms with van der Waals surface area (Å²) in [5.41, 5.74) is 7.73. The second-order valence-electron chi connectivity index (χ2n) is 3.03. The highest BCUT2D eigenvalue weighted by atomic mass is 16.5. The van der Waals surface area contributed by atoms with Crippen molar-refractivity contribution < 1.29 is 4.74 Å². The lowest BCUT2D eigenvalue weighted by Gasteiger charge is -2.09. The Morgan fingerprint density at radius 3 is 2.79 bits per heavy atom. The highest BCUT2D eigenvalue weighted by Crippen LogP contribution is 2.25. The first kappa shape index (κ1) is 10.8. The summed E-state index contributed by atoms with van der Waals surface area (Å²) in [4.78, 5) is 0. The molecular formula is C12H17NO. The second-order valence-corrected chi connectivity index (χ2v) is 3.03. The van der Waals surface area contributed by atoms with Crippen molar-refractivity contribution in [1.29, 1.82) is 0 Å². The van der Waals surface area contributed by atoms with Crippen molar-refractivity contribution in [2.45, 2.75) is 13.3 Å². The smallest absolute Gasteiger partial charge is 0.129 e. The molecule has 0 aliphatic rings. The zero-order chi connectivity index (χ0) is 10.4. The Hall–Kier alpha value is -1.28. The number of hydrogen-bond acceptors (Lipinski definition) is 2. The molecule has 1 aromatic carbocycles. The van der Waals surface area contributed by atoms with Gasteiger partial charge in [0, 0.05) is 12.1 Å². The van der Waals surface area contributed by atoms with Crippen LogP contribution < -0.4 is 10.5 Å². The monoisotopic (exact) mass is 191 g/mol. The van der Waals surface area contributed by atoms with E-state index in [4.69, 9.17) is 10.5 Å². The third-order valence-electron chi connectivity index (χ3n) is 2.15. The van der Waals surface area contributed by atoms with Gasteiger partial charge in [-0.2, -0.15) is 0 Å². The molecule has 0 aliphatic carbocycles. The fourth-order valence-corrected chi connectivity index (χ4v) is 1.46. The SMILES string of the molecule is CCc1cccc(/C=C/CN)c1OC. The standard InChI is InChI=1S/C12H17NO/c1-3-10-6-4-7-11(8-5-9-13)12(10)14-2/h4-8H,3,9,13H2,1-2H3/b8-5+. The van der Waals surface area contributed by atoms with Crippen molar-refractivity contribution in [1.82, 2.24) is 0 Å². The van der Waals surface area contributed by atoms with Crippen molar-refractivity contribution >= 4 is 6.08 Å². The summed E-state index contributed by atoms with van der Waals surface area (Å²) in [6, 6.07) is 6.15. The molecule has 2 heteroatoms. The van der Waals surface area contributed by atoms with Crippen LogP contribution in [0, 0.1) is 0 Å². The van der Waals surface area contributed by atoms with Crippen LogP contribution in [-0.4, -0.2) is 13.7 Å². The maximum atomic E-state index is 5.41. The van der Waals surface area contributed by atoms with Crippen molar-refractivity contribution in [3.63, 3.8) is 0 Å². The lowest BCUT2D eigenvalue weighted by atomic mass is 10.1. The molecule has 0 heterocycles. The summed E-state index contributed by atoms with van der Waals surface area (Å²) in [6.07, 6.45) is 4.91. The molecule has 76 valence electrons. The van der Waals surface area contributed by atoms with Gasteiger partial charge in [0.25, 0.3) is 0 Å². The number of methoxy groups -OCH3 is 1. The molecule has 0 bridgehead atoms. The fourth-order valence-electron chi connectivity index (χ4n) is 1.46. The summed E-state index contributed by atoms with van der Waals surface area (Å²) >= 11 is 0. The number of benzene rings is 1. The van der Waals surface area contributed by atoms with Gasteiger partial charge in [0.15, 0.2) is 0 Å². The van der Waals surface area contributed by atoms with Gasteiger partial charge in [-0.15, -0.1) is 0 Å². The molecule has 2 nitrogen and oxygen atoms in total. The molecule has 14 heavy (non-hydrogen) atoms. The first-order chi connectivity index (χ1) is 6.83. The Morgan fingerprint density at radius 2 is 2.21 bits per heavy atom. The van der Waals surface area contributed by atoms with Crippen LogP contribution in [0.1, 0.15) is 18.1 Å². The topological polar surface area (TPSA) is 35.2 Å². The van der Waals surface area contributed by atoms with Gasteiger partial charge in [-0.1, -0.05) is 37.3 Å². The fraction of sp³-hybridized carbons (Fsp3) is 0.333. The van der Waals surface area contributed by atoms with Gasteiger partial charge in [0.2, 0.25) is 0 Å². The summed E-state index contributed by atoms with van der Waals surface area (Å²) in [7, 11) is 1.70. The Labute approximate surface area is 85.4 Å². The second kappa shape index (κ2) is 5.45. The molecule has 0 atom stereocenters. The maximum Gasteiger partial charge on any atom is 0.129 e. The van der Waals surface area contributed by atoms with E-state index in [-0.39, 0.29) is 0 Å². The summed E-state index contributed by atoms with van der Waals surface area (Å²) < 4.78 is 5.37. The average molecular weight is 191 g/mol. The first-order valence-electron chi connectivity index (χ1n) is 4.86. The Kier molecular flexibility index (Phi) is 4.20. The number of aryl methyl sites for hydroxylation is 1. The molecule has 0 unspecified atom stereocenters. The van der Waals surface area contributed by atoms with Gasteiger partial charge in [-0.05, 0) is 12.0 Å². The molecule has 0 amide bonds. The average Bonchev–Trinajstić information content (AvgIpc) is 2.25. The van der Waals surface area contributed by atoms with Crippen molar-refractivity contribution in [2.24, 2.45) is 5.73 Å². The van der Waals surface area contributed by atoms with E-state index in [9.17, 15) is 0 Å². The molecular weight excluding hydrogens is 174 g/mol. The maximum absolute atomic E-state index is 5.41. The van der Waals surface area contributed by atoms with E-state index < -0.39 is 0 Å². The first-order valence-corrected chi connectivity index (χ1v) is 4.86. The molecule has 1 rings (SSSR count). The number of nitrogens with two attached hydrogens (primary N) is 1. The van der Waals surface area contributed by atoms with Crippen LogP contribution in [0.2, 0.25) is 0 Å². The molecule has 1 aromatic rings. The van der Waals surface area contributed by atoms with E-state index in [2.05, 4.69) is 13.0 Å². The quantitative estimate of drug-likeness (QED) is 0.792. The zero-order valence-corrected chi connectivity index (χ0v) is 8.79. The van der Waals surface area contributed by atoms with E-state index in [0.717, 1.165) is 17.7 Å². The lowest BCUT2D eigenvalue weighted by molar-refractivity contribution is 0.409. The van der Waals surface area contributed by atoms with Gasteiger partial charge in [-0.25, -0.2) is 0 Å². The van der Waals surface area contributed by atoms with Gasteiger partial charge in [0.05, 0.1) is 7.11 Å². The highest BCUT2D eigenvalue weighted by molar-refractivity contribution is 5.60. The summed E-state index contributed by atoms with van der Waals surface area (Å²) in [5.74, 6) is 0.958. The molecule has 0 saturated heterocycles. The van der Waals surface area contributed by atoms with E-state index in [0.29, 0.717) is 6.54 Å². The Bertz CT molecular complexity index is 318.